The van der Waals surface area contributed by atoms with Crippen molar-refractivity contribution in [1.29, 1.82) is 0 Å². The van der Waals surface area contributed by atoms with Crippen molar-refractivity contribution in [2.24, 2.45) is 0 Å². The Balaban J connectivity index is 1.91. The Morgan fingerprint density at radius 1 is 1.20 bits per heavy atom. The third-order valence-corrected chi connectivity index (χ3v) is 2.52. The molecule has 4 atom stereocenters. The number of fused-ring (bicyclic) bond motifs is 4. The minimum Gasteiger partial charge on any atom is -0.368 e. The van der Waals surface area contributed by atoms with E-state index in [1.54, 1.807) is 0 Å². The van der Waals surface area contributed by atoms with Crippen LogP contribution in [0.1, 0.15) is 12.8 Å². The van der Waals surface area contributed by atoms with Crippen molar-refractivity contribution in [2.45, 2.75) is 37.3 Å². The van der Waals surface area contributed by atoms with Gasteiger partial charge in [0.2, 0.25) is 0 Å². The van der Waals surface area contributed by atoms with Gasteiger partial charge in [0.25, 0.3) is 0 Å². The lowest BCUT2D eigenvalue weighted by Gasteiger charge is -2.27. The summed E-state index contributed by atoms with van der Waals surface area (Å²) in [7, 11) is 0. The molecule has 3 aliphatic heterocycles. The van der Waals surface area contributed by atoms with E-state index in [2.05, 4.69) is 12.2 Å². The molecule has 0 aromatic carbocycles. The maximum absolute atomic E-state index is 5.66. The molecular weight excluding hydrogens is 128 g/mol. The molecule has 0 saturated carbocycles. The normalized spacial score (nSPS) is 56.0. The summed E-state index contributed by atoms with van der Waals surface area (Å²) in [5.41, 5.74) is 0. The molecule has 0 spiro atoms. The van der Waals surface area contributed by atoms with Gasteiger partial charge < -0.3 is 9.47 Å². The highest BCUT2D eigenvalue weighted by molar-refractivity contribution is 5.09. The molecule has 0 aliphatic carbocycles. The van der Waals surface area contributed by atoms with E-state index in [1.807, 2.05) is 0 Å². The summed E-state index contributed by atoms with van der Waals surface area (Å²) in [5.74, 6) is 0. The fourth-order valence-corrected chi connectivity index (χ4v) is 1.94. The average molecular weight is 138 g/mol. The maximum Gasteiger partial charge on any atom is 0.111 e. The zero-order chi connectivity index (χ0) is 6.55. The predicted octanol–water partition coefficient (Wildman–Crippen LogP) is 0.871. The smallest absolute Gasteiger partial charge is 0.111 e. The van der Waals surface area contributed by atoms with Crippen LogP contribution in [0.3, 0.4) is 0 Å². The summed E-state index contributed by atoms with van der Waals surface area (Å²) in [6.07, 6.45) is 8.24. The number of rotatable bonds is 0. The first kappa shape index (κ1) is 5.33. The zero-order valence-corrected chi connectivity index (χ0v) is 5.69. The van der Waals surface area contributed by atoms with E-state index in [0.717, 1.165) is 12.8 Å². The van der Waals surface area contributed by atoms with E-state index in [4.69, 9.17) is 9.47 Å². The molecule has 10 heavy (non-hydrogen) atoms. The van der Waals surface area contributed by atoms with Crippen LogP contribution in [0.5, 0.6) is 0 Å². The molecule has 0 aromatic rings. The molecule has 0 N–H and O–H groups in total. The fraction of sp³-hybridized carbons (Fsp3) is 0.750. The molecule has 3 aliphatic rings. The Labute approximate surface area is 59.8 Å². The second-order valence-electron chi connectivity index (χ2n) is 3.25. The van der Waals surface area contributed by atoms with Crippen LogP contribution in [0.25, 0.3) is 0 Å². The highest BCUT2D eigenvalue weighted by Crippen LogP contribution is 2.40. The molecule has 0 aromatic heterocycles. The van der Waals surface area contributed by atoms with Gasteiger partial charge in [-0.1, -0.05) is 12.2 Å². The van der Waals surface area contributed by atoms with Crippen LogP contribution in [0, 0.1) is 0 Å². The van der Waals surface area contributed by atoms with Crippen LogP contribution in [0.2, 0.25) is 0 Å². The van der Waals surface area contributed by atoms with Crippen molar-refractivity contribution in [2.75, 3.05) is 0 Å². The van der Waals surface area contributed by atoms with Gasteiger partial charge in [0, 0.05) is 6.42 Å². The van der Waals surface area contributed by atoms with Gasteiger partial charge in [0.15, 0.2) is 0 Å². The minimum absolute atomic E-state index is 0.363. The SMILES string of the molecule is C1=C[C@H]2C[C@H]3O[C@@H]3[C@@H](C1)O2. The number of hydrogen-bond acceptors (Lipinski definition) is 2. The predicted molar refractivity (Wildman–Crippen MR) is 35.7 cm³/mol. The number of epoxide rings is 1. The van der Waals surface area contributed by atoms with Crippen molar-refractivity contribution >= 4 is 0 Å². The minimum atomic E-state index is 0.363. The van der Waals surface area contributed by atoms with Crippen LogP contribution in [0.4, 0.5) is 0 Å². The Morgan fingerprint density at radius 3 is 3.20 bits per heavy atom. The van der Waals surface area contributed by atoms with Crippen molar-refractivity contribution in [3.05, 3.63) is 12.2 Å². The van der Waals surface area contributed by atoms with Crippen LogP contribution >= 0.6 is 0 Å². The van der Waals surface area contributed by atoms with Crippen LogP contribution in [-0.4, -0.2) is 24.4 Å². The van der Waals surface area contributed by atoms with Gasteiger partial charge in [-0.15, -0.1) is 0 Å². The monoisotopic (exact) mass is 138 g/mol. The molecule has 2 saturated heterocycles. The van der Waals surface area contributed by atoms with Gasteiger partial charge in [-0.3, -0.25) is 0 Å². The molecule has 0 radical (unpaired) electrons. The van der Waals surface area contributed by atoms with E-state index in [0.29, 0.717) is 24.4 Å². The van der Waals surface area contributed by atoms with E-state index in [9.17, 15) is 0 Å². The lowest BCUT2D eigenvalue weighted by Crippen LogP contribution is -2.35. The third-order valence-electron chi connectivity index (χ3n) is 2.52. The molecule has 3 heterocycles. The Bertz CT molecular complexity index is 188. The fourth-order valence-electron chi connectivity index (χ4n) is 1.94. The largest absolute Gasteiger partial charge is 0.368 e. The molecule has 0 unspecified atom stereocenters. The van der Waals surface area contributed by atoms with Gasteiger partial charge in [-0.25, -0.2) is 0 Å². The molecule has 54 valence electrons. The second-order valence-corrected chi connectivity index (χ2v) is 3.25. The van der Waals surface area contributed by atoms with Crippen molar-refractivity contribution in [3.63, 3.8) is 0 Å². The van der Waals surface area contributed by atoms with E-state index < -0.39 is 0 Å². The first-order valence-corrected chi connectivity index (χ1v) is 3.91. The van der Waals surface area contributed by atoms with Crippen molar-refractivity contribution < 1.29 is 9.47 Å². The van der Waals surface area contributed by atoms with Crippen LogP contribution < -0.4 is 0 Å². The first-order chi connectivity index (χ1) is 4.93. The highest BCUT2D eigenvalue weighted by atomic mass is 16.6. The van der Waals surface area contributed by atoms with E-state index >= 15 is 0 Å². The topological polar surface area (TPSA) is 21.8 Å². The van der Waals surface area contributed by atoms with Gasteiger partial charge in [-0.2, -0.15) is 0 Å². The summed E-state index contributed by atoms with van der Waals surface area (Å²) in [4.78, 5) is 0. The number of hydrogen-bond donors (Lipinski definition) is 0. The maximum atomic E-state index is 5.66. The second kappa shape index (κ2) is 1.63. The quantitative estimate of drug-likeness (QED) is 0.366. The highest BCUT2D eigenvalue weighted by Gasteiger charge is 2.51. The summed E-state index contributed by atoms with van der Waals surface area (Å²) < 4.78 is 11.1. The Kier molecular flexibility index (Phi) is 0.868. The first-order valence-electron chi connectivity index (χ1n) is 3.91. The van der Waals surface area contributed by atoms with E-state index in [-0.39, 0.29) is 0 Å². The summed E-state index contributed by atoms with van der Waals surface area (Å²) in [5, 5.41) is 0. The summed E-state index contributed by atoms with van der Waals surface area (Å²) >= 11 is 0. The molecule has 2 fully saturated rings. The summed E-state index contributed by atoms with van der Waals surface area (Å²) in [6.45, 7) is 0. The van der Waals surface area contributed by atoms with Crippen LogP contribution in [0.15, 0.2) is 12.2 Å². The molecule has 2 nitrogen and oxygen atoms in total. The number of ether oxygens (including phenoxy) is 2. The van der Waals surface area contributed by atoms with Gasteiger partial charge in [-0.05, 0) is 6.42 Å². The summed E-state index contributed by atoms with van der Waals surface area (Å²) in [6, 6.07) is 0. The third kappa shape index (κ3) is 0.607. The van der Waals surface area contributed by atoms with Gasteiger partial charge in [0.1, 0.15) is 6.10 Å². The van der Waals surface area contributed by atoms with Gasteiger partial charge >= 0.3 is 0 Å². The van der Waals surface area contributed by atoms with Crippen molar-refractivity contribution in [1.82, 2.24) is 0 Å². The molecular formula is C8H10O2. The molecule has 3 rings (SSSR count). The standard InChI is InChI=1S/C8H10O2/c1-2-5-4-7-8(10-7)6(3-1)9-5/h1-2,5-8H,3-4H2/t5-,6+,7+,8+/m0/s1. The molecule has 0 amide bonds. The van der Waals surface area contributed by atoms with Crippen LogP contribution in [-0.2, 0) is 9.47 Å². The Morgan fingerprint density at radius 2 is 2.20 bits per heavy atom. The van der Waals surface area contributed by atoms with Crippen molar-refractivity contribution in [3.8, 4) is 0 Å². The van der Waals surface area contributed by atoms with E-state index in [1.165, 1.54) is 0 Å². The lowest BCUT2D eigenvalue weighted by atomic mass is 9.97. The van der Waals surface area contributed by atoms with Gasteiger partial charge in [0.05, 0.1) is 18.3 Å². The molecule has 2 bridgehead atoms. The Hall–Kier alpha value is -0.340. The average Bonchev–Trinajstić information content (AvgIpc) is 2.68. The molecule has 2 heteroatoms. The lowest BCUT2D eigenvalue weighted by molar-refractivity contribution is -0.0194. The zero-order valence-electron chi connectivity index (χ0n) is 5.69.